The Hall–Kier alpha value is -3.56. The van der Waals surface area contributed by atoms with Gasteiger partial charge in [-0.25, -0.2) is 4.98 Å². The molecule has 0 radical (unpaired) electrons. The lowest BCUT2D eigenvalue weighted by Gasteiger charge is -2.24. The fourth-order valence-corrected chi connectivity index (χ4v) is 4.27. The first-order valence-corrected chi connectivity index (χ1v) is 12.0. The maximum absolute atomic E-state index is 12.7. The lowest BCUT2D eigenvalue weighted by atomic mass is 10.1. The molecule has 35 heavy (non-hydrogen) atoms. The van der Waals surface area contributed by atoms with E-state index in [9.17, 15) is 14.4 Å². The van der Waals surface area contributed by atoms with E-state index in [0.717, 1.165) is 30.5 Å². The minimum Gasteiger partial charge on any atom is -0.377 e. The summed E-state index contributed by atoms with van der Waals surface area (Å²) in [5.74, 6) is -0.0936. The number of ether oxygens (including phenoxy) is 1. The lowest BCUT2D eigenvalue weighted by molar-refractivity contribution is -0.125. The van der Waals surface area contributed by atoms with Gasteiger partial charge in [0.1, 0.15) is 5.82 Å². The first-order valence-electron chi connectivity index (χ1n) is 12.0. The molecule has 0 aliphatic carbocycles. The number of para-hydroxylation sites is 2. The quantitative estimate of drug-likeness (QED) is 0.412. The molecule has 1 aromatic heterocycles. The number of carbonyl (C=O) groups excluding carboxylic acids is 2. The predicted octanol–water partition coefficient (Wildman–Crippen LogP) is 2.22. The van der Waals surface area contributed by atoms with Crippen LogP contribution < -0.4 is 16.2 Å². The molecule has 0 bridgehead atoms. The van der Waals surface area contributed by atoms with Crippen molar-refractivity contribution in [3.05, 3.63) is 70.3 Å². The highest BCUT2D eigenvalue weighted by molar-refractivity contribution is 5.95. The summed E-state index contributed by atoms with van der Waals surface area (Å²) in [5, 5.41) is 6.07. The Bertz CT molecular complexity index is 1240. The molecule has 1 fully saturated rings. The fourth-order valence-electron chi connectivity index (χ4n) is 4.27. The van der Waals surface area contributed by atoms with Gasteiger partial charge < -0.3 is 20.4 Å². The first kappa shape index (κ1) is 24.6. The van der Waals surface area contributed by atoms with Crippen molar-refractivity contribution < 1.29 is 14.3 Å². The number of fused-ring (bicyclic) bond motifs is 1. The minimum atomic E-state index is -0.287. The van der Waals surface area contributed by atoms with Crippen molar-refractivity contribution in [1.82, 2.24) is 20.2 Å². The van der Waals surface area contributed by atoms with Gasteiger partial charge in [0.05, 0.1) is 36.6 Å². The second-order valence-electron chi connectivity index (χ2n) is 8.67. The third-order valence-corrected chi connectivity index (χ3v) is 6.01. The Balaban J connectivity index is 1.38. The van der Waals surface area contributed by atoms with E-state index in [1.165, 1.54) is 0 Å². The second kappa shape index (κ2) is 11.7. The van der Waals surface area contributed by atoms with Crippen molar-refractivity contribution in [1.29, 1.82) is 0 Å². The summed E-state index contributed by atoms with van der Waals surface area (Å²) in [5.41, 5.74) is 2.18. The van der Waals surface area contributed by atoms with Gasteiger partial charge in [0.25, 0.3) is 5.56 Å². The molecular formula is C26H31N5O4. The second-order valence-corrected chi connectivity index (χ2v) is 8.67. The van der Waals surface area contributed by atoms with E-state index in [0.29, 0.717) is 29.9 Å². The maximum atomic E-state index is 12.7. The van der Waals surface area contributed by atoms with Gasteiger partial charge in [-0.15, -0.1) is 0 Å². The molecule has 1 aliphatic rings. The van der Waals surface area contributed by atoms with Crippen LogP contribution in [0.5, 0.6) is 0 Å². The SMILES string of the molecule is CCc1ccccc1NC(=O)CNC(=O)CN(Cc1nc2ccccc2c(=O)[nH]1)C[C@H]1CCCO1. The number of benzene rings is 2. The van der Waals surface area contributed by atoms with Crippen molar-refractivity contribution in [3.8, 4) is 0 Å². The van der Waals surface area contributed by atoms with Crippen LogP contribution in [0.4, 0.5) is 5.69 Å². The summed E-state index contributed by atoms with van der Waals surface area (Å²) >= 11 is 0. The zero-order valence-corrected chi connectivity index (χ0v) is 19.9. The molecule has 184 valence electrons. The van der Waals surface area contributed by atoms with Crippen LogP contribution in [0, 0.1) is 0 Å². The molecule has 1 saturated heterocycles. The standard InChI is InChI=1S/C26H31N5O4/c1-2-18-8-3-5-11-21(18)29-24(32)14-27-25(33)17-31(15-19-9-7-13-35-19)16-23-28-22-12-6-4-10-20(22)26(34)30-23/h3-6,8,10-12,19H,2,7,9,13-17H2,1H3,(H,27,33)(H,29,32)(H,28,30,34)/t19-/m1/s1. The Kier molecular flexibility index (Phi) is 8.23. The molecule has 0 saturated carbocycles. The van der Waals surface area contributed by atoms with Crippen LogP contribution in [0.2, 0.25) is 0 Å². The highest BCUT2D eigenvalue weighted by Crippen LogP contribution is 2.16. The fraction of sp³-hybridized carbons (Fsp3) is 0.385. The molecular weight excluding hydrogens is 446 g/mol. The highest BCUT2D eigenvalue weighted by Gasteiger charge is 2.22. The van der Waals surface area contributed by atoms with Crippen molar-refractivity contribution in [2.45, 2.75) is 38.8 Å². The van der Waals surface area contributed by atoms with E-state index in [4.69, 9.17) is 4.74 Å². The molecule has 9 nitrogen and oxygen atoms in total. The van der Waals surface area contributed by atoms with Crippen LogP contribution in [-0.4, -0.2) is 59.0 Å². The monoisotopic (exact) mass is 477 g/mol. The van der Waals surface area contributed by atoms with Crippen LogP contribution in [-0.2, 0) is 27.3 Å². The van der Waals surface area contributed by atoms with E-state index in [1.54, 1.807) is 18.2 Å². The number of nitrogens with one attached hydrogen (secondary N) is 3. The molecule has 0 unspecified atom stereocenters. The van der Waals surface area contributed by atoms with Crippen molar-refractivity contribution in [3.63, 3.8) is 0 Å². The molecule has 3 aromatic rings. The van der Waals surface area contributed by atoms with Crippen molar-refractivity contribution >= 4 is 28.4 Å². The summed E-state index contributed by atoms with van der Waals surface area (Å²) < 4.78 is 5.75. The number of hydrogen-bond acceptors (Lipinski definition) is 6. The average molecular weight is 478 g/mol. The van der Waals surface area contributed by atoms with Crippen molar-refractivity contribution in [2.24, 2.45) is 0 Å². The van der Waals surface area contributed by atoms with E-state index in [-0.39, 0.29) is 43.1 Å². The molecule has 1 aliphatic heterocycles. The number of H-pyrrole nitrogens is 1. The summed E-state index contributed by atoms with van der Waals surface area (Å²) in [6.07, 6.45) is 2.71. The summed E-state index contributed by atoms with van der Waals surface area (Å²) in [6, 6.07) is 14.7. The predicted molar refractivity (Wildman–Crippen MR) is 134 cm³/mol. The number of rotatable bonds is 10. The van der Waals surface area contributed by atoms with E-state index < -0.39 is 0 Å². The number of aromatic nitrogens is 2. The number of anilines is 1. The maximum Gasteiger partial charge on any atom is 0.258 e. The van der Waals surface area contributed by atoms with Gasteiger partial charge in [0.15, 0.2) is 0 Å². The van der Waals surface area contributed by atoms with Gasteiger partial charge >= 0.3 is 0 Å². The van der Waals surface area contributed by atoms with Gasteiger partial charge in [0.2, 0.25) is 11.8 Å². The van der Waals surface area contributed by atoms with Gasteiger partial charge in [-0.3, -0.25) is 19.3 Å². The molecule has 4 rings (SSSR count). The number of hydrogen-bond donors (Lipinski definition) is 3. The largest absolute Gasteiger partial charge is 0.377 e. The Morgan fingerprint density at radius 3 is 2.74 bits per heavy atom. The third kappa shape index (κ3) is 6.74. The Morgan fingerprint density at radius 2 is 1.94 bits per heavy atom. The molecule has 9 heteroatoms. The van der Waals surface area contributed by atoms with Gasteiger partial charge in [-0.1, -0.05) is 37.3 Å². The van der Waals surface area contributed by atoms with E-state index in [1.807, 2.05) is 42.2 Å². The van der Waals surface area contributed by atoms with E-state index >= 15 is 0 Å². The van der Waals surface area contributed by atoms with Gasteiger partial charge in [-0.05, 0) is 43.0 Å². The van der Waals surface area contributed by atoms with E-state index in [2.05, 4.69) is 20.6 Å². The van der Waals surface area contributed by atoms with Crippen LogP contribution >= 0.6 is 0 Å². The number of aryl methyl sites for hydroxylation is 1. The summed E-state index contributed by atoms with van der Waals surface area (Å²) in [4.78, 5) is 46.8. The number of aromatic amines is 1. The lowest BCUT2D eigenvalue weighted by Crippen LogP contribution is -2.43. The Morgan fingerprint density at radius 1 is 1.14 bits per heavy atom. The minimum absolute atomic E-state index is 0.0174. The van der Waals surface area contributed by atoms with Crippen LogP contribution in [0.25, 0.3) is 10.9 Å². The average Bonchev–Trinajstić information content (AvgIpc) is 3.36. The number of amides is 2. The van der Waals surface area contributed by atoms with Crippen molar-refractivity contribution in [2.75, 3.05) is 31.6 Å². The number of carbonyl (C=O) groups is 2. The smallest absolute Gasteiger partial charge is 0.258 e. The summed E-state index contributed by atoms with van der Waals surface area (Å²) in [6.45, 7) is 3.45. The molecule has 2 heterocycles. The van der Waals surface area contributed by atoms with Crippen LogP contribution in [0.1, 0.15) is 31.2 Å². The normalized spacial score (nSPS) is 15.4. The molecule has 1 atom stereocenters. The zero-order chi connectivity index (χ0) is 24.6. The summed E-state index contributed by atoms with van der Waals surface area (Å²) in [7, 11) is 0. The first-order chi connectivity index (χ1) is 17.0. The molecule has 3 N–H and O–H groups in total. The van der Waals surface area contributed by atoms with Crippen LogP contribution in [0.3, 0.4) is 0 Å². The van der Waals surface area contributed by atoms with Gasteiger partial charge in [0, 0.05) is 18.8 Å². The molecule has 0 spiro atoms. The highest BCUT2D eigenvalue weighted by atomic mass is 16.5. The topological polar surface area (TPSA) is 116 Å². The zero-order valence-electron chi connectivity index (χ0n) is 19.9. The molecule has 2 aromatic carbocycles. The van der Waals surface area contributed by atoms with Crippen LogP contribution in [0.15, 0.2) is 53.3 Å². The Labute approximate surface area is 203 Å². The number of nitrogens with zero attached hydrogens (tertiary/aromatic N) is 2. The van der Waals surface area contributed by atoms with Gasteiger partial charge in [-0.2, -0.15) is 0 Å². The molecule has 2 amide bonds. The third-order valence-electron chi connectivity index (χ3n) is 6.01.